The summed E-state index contributed by atoms with van der Waals surface area (Å²) in [5.74, 6) is 1.76. The van der Waals surface area contributed by atoms with E-state index in [2.05, 4.69) is 14.9 Å². The van der Waals surface area contributed by atoms with Gasteiger partial charge in [-0.05, 0) is 31.4 Å². The van der Waals surface area contributed by atoms with Crippen molar-refractivity contribution in [2.45, 2.75) is 32.5 Å². The van der Waals surface area contributed by atoms with E-state index in [-0.39, 0.29) is 6.10 Å². The SMILES string of the molecule is Cc1cnc(N2CCCC(OCc3cccnc3)C2)nc1N(C)C. The fourth-order valence-electron chi connectivity index (χ4n) is 2.98. The number of aryl methyl sites for hydroxylation is 1. The minimum absolute atomic E-state index is 0.201. The second-order valence-corrected chi connectivity index (χ2v) is 6.45. The molecular formula is C18H25N5O. The van der Waals surface area contributed by atoms with E-state index in [0.717, 1.165) is 48.8 Å². The number of piperidine rings is 1. The van der Waals surface area contributed by atoms with Gasteiger partial charge in [-0.15, -0.1) is 0 Å². The Kier molecular flexibility index (Phi) is 5.25. The molecule has 1 saturated heterocycles. The lowest BCUT2D eigenvalue weighted by Crippen LogP contribution is -2.40. The van der Waals surface area contributed by atoms with E-state index < -0.39 is 0 Å². The van der Waals surface area contributed by atoms with Crippen molar-refractivity contribution in [3.05, 3.63) is 41.9 Å². The molecule has 1 atom stereocenters. The van der Waals surface area contributed by atoms with Crippen LogP contribution in [0.1, 0.15) is 24.0 Å². The normalized spacial score (nSPS) is 17.8. The topological polar surface area (TPSA) is 54.4 Å². The first-order valence-corrected chi connectivity index (χ1v) is 8.40. The third-order valence-electron chi connectivity index (χ3n) is 4.23. The van der Waals surface area contributed by atoms with Gasteiger partial charge in [0.1, 0.15) is 5.82 Å². The molecule has 1 fully saturated rings. The Morgan fingerprint density at radius 1 is 1.33 bits per heavy atom. The van der Waals surface area contributed by atoms with E-state index in [1.54, 1.807) is 6.20 Å². The zero-order chi connectivity index (χ0) is 16.9. The van der Waals surface area contributed by atoms with Gasteiger partial charge in [-0.25, -0.2) is 4.98 Å². The highest BCUT2D eigenvalue weighted by Crippen LogP contribution is 2.22. The zero-order valence-electron chi connectivity index (χ0n) is 14.6. The summed E-state index contributed by atoms with van der Waals surface area (Å²) in [6, 6.07) is 3.98. The first-order chi connectivity index (χ1) is 11.6. The molecule has 0 spiro atoms. The Bertz CT molecular complexity index is 662. The number of hydrogen-bond donors (Lipinski definition) is 0. The molecule has 24 heavy (non-hydrogen) atoms. The first kappa shape index (κ1) is 16.6. The lowest BCUT2D eigenvalue weighted by Gasteiger charge is -2.33. The number of pyridine rings is 1. The van der Waals surface area contributed by atoms with Crippen LogP contribution in [0.3, 0.4) is 0 Å². The van der Waals surface area contributed by atoms with Gasteiger partial charge in [-0.1, -0.05) is 6.07 Å². The monoisotopic (exact) mass is 327 g/mol. The average molecular weight is 327 g/mol. The third kappa shape index (κ3) is 4.00. The fraction of sp³-hybridized carbons (Fsp3) is 0.500. The lowest BCUT2D eigenvalue weighted by molar-refractivity contribution is 0.0311. The maximum absolute atomic E-state index is 6.07. The van der Waals surface area contributed by atoms with Gasteiger partial charge < -0.3 is 14.5 Å². The van der Waals surface area contributed by atoms with Gasteiger partial charge >= 0.3 is 0 Å². The quantitative estimate of drug-likeness (QED) is 0.841. The smallest absolute Gasteiger partial charge is 0.227 e. The standard InChI is InChI=1S/C18H25N5O/c1-14-10-20-18(21-17(14)22(2)3)23-9-5-7-16(12-23)24-13-15-6-4-8-19-11-15/h4,6,8,10-11,16H,5,7,9,12-13H2,1-3H3. The molecule has 0 aromatic carbocycles. The number of aromatic nitrogens is 3. The van der Waals surface area contributed by atoms with Crippen LogP contribution >= 0.6 is 0 Å². The summed E-state index contributed by atoms with van der Waals surface area (Å²) in [5.41, 5.74) is 2.20. The third-order valence-corrected chi connectivity index (χ3v) is 4.23. The molecule has 0 N–H and O–H groups in total. The zero-order valence-corrected chi connectivity index (χ0v) is 14.6. The van der Waals surface area contributed by atoms with Gasteiger partial charge in [0.05, 0.1) is 12.7 Å². The number of ether oxygens (including phenoxy) is 1. The summed E-state index contributed by atoms with van der Waals surface area (Å²) in [6.45, 7) is 4.44. The molecule has 2 aromatic heterocycles. The van der Waals surface area contributed by atoms with E-state index >= 15 is 0 Å². The average Bonchev–Trinajstić information content (AvgIpc) is 2.61. The Labute approximate surface area is 143 Å². The molecular weight excluding hydrogens is 302 g/mol. The second kappa shape index (κ2) is 7.57. The minimum Gasteiger partial charge on any atom is -0.372 e. The molecule has 6 heteroatoms. The van der Waals surface area contributed by atoms with Crippen LogP contribution in [-0.2, 0) is 11.3 Å². The van der Waals surface area contributed by atoms with Crippen LogP contribution in [0.25, 0.3) is 0 Å². The van der Waals surface area contributed by atoms with E-state index in [4.69, 9.17) is 9.72 Å². The van der Waals surface area contributed by atoms with Crippen molar-refractivity contribution >= 4 is 11.8 Å². The second-order valence-electron chi connectivity index (χ2n) is 6.45. The molecule has 1 aliphatic rings. The number of anilines is 2. The number of hydrogen-bond acceptors (Lipinski definition) is 6. The summed E-state index contributed by atoms with van der Waals surface area (Å²) >= 11 is 0. The molecule has 6 nitrogen and oxygen atoms in total. The van der Waals surface area contributed by atoms with Crippen LogP contribution in [0.15, 0.2) is 30.7 Å². The van der Waals surface area contributed by atoms with Crippen molar-refractivity contribution < 1.29 is 4.74 Å². The van der Waals surface area contributed by atoms with Gasteiger partial charge in [0.2, 0.25) is 5.95 Å². The number of nitrogens with zero attached hydrogens (tertiary/aromatic N) is 5. The Morgan fingerprint density at radius 2 is 2.21 bits per heavy atom. The summed E-state index contributed by atoms with van der Waals surface area (Å²) in [7, 11) is 4.02. The van der Waals surface area contributed by atoms with Crippen LogP contribution in [0, 0.1) is 6.92 Å². The van der Waals surface area contributed by atoms with Gasteiger partial charge in [0.15, 0.2) is 0 Å². The van der Waals surface area contributed by atoms with E-state index in [0.29, 0.717) is 6.61 Å². The first-order valence-electron chi connectivity index (χ1n) is 8.40. The lowest BCUT2D eigenvalue weighted by atomic mass is 10.1. The highest BCUT2D eigenvalue weighted by Gasteiger charge is 2.23. The molecule has 3 rings (SSSR count). The van der Waals surface area contributed by atoms with E-state index in [9.17, 15) is 0 Å². The molecule has 0 aliphatic carbocycles. The Morgan fingerprint density at radius 3 is 2.96 bits per heavy atom. The highest BCUT2D eigenvalue weighted by atomic mass is 16.5. The van der Waals surface area contributed by atoms with Gasteiger partial charge in [0, 0.05) is 51.3 Å². The molecule has 0 saturated carbocycles. The van der Waals surface area contributed by atoms with Crippen molar-refractivity contribution in [2.75, 3.05) is 37.0 Å². The molecule has 3 heterocycles. The largest absolute Gasteiger partial charge is 0.372 e. The maximum atomic E-state index is 6.07. The molecule has 1 unspecified atom stereocenters. The molecule has 1 aliphatic heterocycles. The Hall–Kier alpha value is -2.21. The van der Waals surface area contributed by atoms with Crippen molar-refractivity contribution in [3.8, 4) is 0 Å². The molecule has 0 radical (unpaired) electrons. The van der Waals surface area contributed by atoms with E-state index in [1.807, 2.05) is 50.4 Å². The Balaban J connectivity index is 1.64. The van der Waals surface area contributed by atoms with Crippen molar-refractivity contribution in [1.29, 1.82) is 0 Å². The minimum atomic E-state index is 0.201. The summed E-state index contributed by atoms with van der Waals surface area (Å²) in [4.78, 5) is 17.6. The summed E-state index contributed by atoms with van der Waals surface area (Å²) in [6.07, 6.45) is 7.90. The van der Waals surface area contributed by atoms with Crippen LogP contribution < -0.4 is 9.80 Å². The van der Waals surface area contributed by atoms with E-state index in [1.165, 1.54) is 0 Å². The predicted octanol–water partition coefficient (Wildman–Crippen LogP) is 2.43. The summed E-state index contributed by atoms with van der Waals surface area (Å²) < 4.78 is 6.07. The van der Waals surface area contributed by atoms with Crippen molar-refractivity contribution in [3.63, 3.8) is 0 Å². The molecule has 0 amide bonds. The van der Waals surface area contributed by atoms with Gasteiger partial charge in [-0.2, -0.15) is 4.98 Å². The van der Waals surface area contributed by atoms with Crippen LogP contribution in [0.4, 0.5) is 11.8 Å². The number of rotatable bonds is 5. The molecule has 2 aromatic rings. The van der Waals surface area contributed by atoms with Crippen molar-refractivity contribution in [2.24, 2.45) is 0 Å². The van der Waals surface area contributed by atoms with Crippen molar-refractivity contribution in [1.82, 2.24) is 15.0 Å². The fourth-order valence-corrected chi connectivity index (χ4v) is 2.98. The van der Waals surface area contributed by atoms with Gasteiger partial charge in [0.25, 0.3) is 0 Å². The van der Waals surface area contributed by atoms with Gasteiger partial charge in [-0.3, -0.25) is 4.98 Å². The molecule has 128 valence electrons. The maximum Gasteiger partial charge on any atom is 0.227 e. The highest BCUT2D eigenvalue weighted by molar-refractivity contribution is 5.48. The van der Waals surface area contributed by atoms with Crippen LogP contribution in [-0.4, -0.2) is 48.2 Å². The predicted molar refractivity (Wildman–Crippen MR) is 95.4 cm³/mol. The van der Waals surface area contributed by atoms with Crippen LogP contribution in [0.2, 0.25) is 0 Å². The summed E-state index contributed by atoms with van der Waals surface area (Å²) in [5, 5.41) is 0. The molecule has 0 bridgehead atoms. The van der Waals surface area contributed by atoms with Crippen LogP contribution in [0.5, 0.6) is 0 Å².